The van der Waals surface area contributed by atoms with Gasteiger partial charge in [0.05, 0.1) is 6.54 Å². The average molecular weight is 355 g/mol. The molecule has 4 rings (SSSR count). The van der Waals surface area contributed by atoms with Gasteiger partial charge < -0.3 is 10.2 Å². The SMILES string of the molecule is O=C(CN1CC[C@H]2CCCC[C@@H]2C1)Nc1ccc(N2CCCC2=O)cc1. The van der Waals surface area contributed by atoms with Crippen LogP contribution in [0.3, 0.4) is 0 Å². The second-order valence-electron chi connectivity index (χ2n) is 8.07. The third-order valence-corrected chi connectivity index (χ3v) is 6.28. The number of likely N-dealkylation sites (tertiary alicyclic amines) is 1. The van der Waals surface area contributed by atoms with Crippen LogP contribution < -0.4 is 10.2 Å². The minimum atomic E-state index is 0.0595. The molecule has 0 unspecified atom stereocenters. The van der Waals surface area contributed by atoms with Gasteiger partial charge in [0.2, 0.25) is 11.8 Å². The van der Waals surface area contributed by atoms with Gasteiger partial charge in [0.25, 0.3) is 0 Å². The van der Waals surface area contributed by atoms with Crippen LogP contribution in [0.15, 0.2) is 24.3 Å². The Morgan fingerprint density at radius 2 is 1.77 bits per heavy atom. The van der Waals surface area contributed by atoms with Crippen molar-refractivity contribution in [1.29, 1.82) is 0 Å². The van der Waals surface area contributed by atoms with E-state index in [0.717, 1.165) is 49.3 Å². The zero-order chi connectivity index (χ0) is 17.9. The molecule has 0 spiro atoms. The summed E-state index contributed by atoms with van der Waals surface area (Å²) in [6.07, 6.45) is 8.27. The lowest BCUT2D eigenvalue weighted by molar-refractivity contribution is -0.118. The predicted molar refractivity (Wildman–Crippen MR) is 103 cm³/mol. The second-order valence-corrected chi connectivity index (χ2v) is 8.07. The molecule has 1 aliphatic carbocycles. The van der Waals surface area contributed by atoms with Crippen LogP contribution in [0.5, 0.6) is 0 Å². The van der Waals surface area contributed by atoms with Crippen LogP contribution in [-0.2, 0) is 9.59 Å². The van der Waals surface area contributed by atoms with Crippen molar-refractivity contribution in [3.63, 3.8) is 0 Å². The summed E-state index contributed by atoms with van der Waals surface area (Å²) in [5, 5.41) is 3.01. The summed E-state index contributed by atoms with van der Waals surface area (Å²) in [5.74, 6) is 1.93. The highest BCUT2D eigenvalue weighted by atomic mass is 16.2. The number of fused-ring (bicyclic) bond motifs is 1. The minimum Gasteiger partial charge on any atom is -0.325 e. The zero-order valence-electron chi connectivity index (χ0n) is 15.5. The Morgan fingerprint density at radius 1 is 1.00 bits per heavy atom. The van der Waals surface area contributed by atoms with E-state index in [9.17, 15) is 9.59 Å². The molecule has 1 aromatic rings. The quantitative estimate of drug-likeness (QED) is 0.902. The van der Waals surface area contributed by atoms with E-state index in [1.807, 2.05) is 29.2 Å². The molecular formula is C21H29N3O2. The van der Waals surface area contributed by atoms with E-state index >= 15 is 0 Å². The smallest absolute Gasteiger partial charge is 0.238 e. The normalized spacial score (nSPS) is 26.6. The Bertz CT molecular complexity index is 658. The number of rotatable bonds is 4. The van der Waals surface area contributed by atoms with Gasteiger partial charge >= 0.3 is 0 Å². The highest BCUT2D eigenvalue weighted by molar-refractivity contribution is 5.96. The third-order valence-electron chi connectivity index (χ3n) is 6.28. The molecule has 3 aliphatic rings. The Kier molecular flexibility index (Phi) is 5.25. The molecular weight excluding hydrogens is 326 g/mol. The molecule has 2 heterocycles. The number of piperidine rings is 1. The van der Waals surface area contributed by atoms with Gasteiger partial charge in [0.1, 0.15) is 0 Å². The van der Waals surface area contributed by atoms with Gasteiger partial charge in [0.15, 0.2) is 0 Å². The maximum absolute atomic E-state index is 12.4. The van der Waals surface area contributed by atoms with Crippen molar-refractivity contribution in [2.75, 3.05) is 36.4 Å². The predicted octanol–water partition coefficient (Wildman–Crippen LogP) is 3.26. The number of carbonyl (C=O) groups excluding carboxylic acids is 2. The fraction of sp³-hybridized carbons (Fsp3) is 0.619. The number of nitrogens with zero attached hydrogens (tertiary/aromatic N) is 2. The molecule has 2 saturated heterocycles. The molecule has 5 nitrogen and oxygen atoms in total. The first-order valence-corrected chi connectivity index (χ1v) is 10.1. The summed E-state index contributed by atoms with van der Waals surface area (Å²) < 4.78 is 0. The minimum absolute atomic E-state index is 0.0595. The number of amides is 2. The number of anilines is 2. The Balaban J connectivity index is 1.28. The van der Waals surface area contributed by atoms with E-state index in [1.165, 1.54) is 32.1 Å². The second kappa shape index (κ2) is 7.78. The number of benzene rings is 1. The molecule has 0 radical (unpaired) electrons. The fourth-order valence-electron chi connectivity index (χ4n) is 4.87. The van der Waals surface area contributed by atoms with Gasteiger partial charge in [-0.1, -0.05) is 19.3 Å². The summed E-state index contributed by atoms with van der Waals surface area (Å²) >= 11 is 0. The largest absolute Gasteiger partial charge is 0.325 e. The van der Waals surface area contributed by atoms with Gasteiger partial charge in [-0.3, -0.25) is 14.5 Å². The van der Waals surface area contributed by atoms with Crippen molar-refractivity contribution in [1.82, 2.24) is 4.90 Å². The molecule has 2 aliphatic heterocycles. The Labute approximate surface area is 155 Å². The van der Waals surface area contributed by atoms with Gasteiger partial charge in [-0.25, -0.2) is 0 Å². The van der Waals surface area contributed by atoms with Crippen LogP contribution >= 0.6 is 0 Å². The molecule has 26 heavy (non-hydrogen) atoms. The lowest BCUT2D eigenvalue weighted by atomic mass is 9.75. The first kappa shape index (κ1) is 17.5. The highest BCUT2D eigenvalue weighted by Gasteiger charge is 2.31. The highest BCUT2D eigenvalue weighted by Crippen LogP contribution is 2.35. The van der Waals surface area contributed by atoms with Crippen molar-refractivity contribution in [2.24, 2.45) is 11.8 Å². The zero-order valence-corrected chi connectivity index (χ0v) is 15.5. The van der Waals surface area contributed by atoms with Crippen molar-refractivity contribution in [3.05, 3.63) is 24.3 Å². The molecule has 2 amide bonds. The van der Waals surface area contributed by atoms with E-state index in [4.69, 9.17) is 0 Å². The number of carbonyl (C=O) groups is 2. The average Bonchev–Trinajstić information content (AvgIpc) is 3.08. The van der Waals surface area contributed by atoms with E-state index in [2.05, 4.69) is 10.2 Å². The summed E-state index contributed by atoms with van der Waals surface area (Å²) in [5.41, 5.74) is 1.72. The molecule has 0 aromatic heterocycles. The lowest BCUT2D eigenvalue weighted by Gasteiger charge is -2.41. The van der Waals surface area contributed by atoms with E-state index < -0.39 is 0 Å². The molecule has 1 N–H and O–H groups in total. The topological polar surface area (TPSA) is 52.7 Å². The molecule has 140 valence electrons. The molecule has 5 heteroatoms. The van der Waals surface area contributed by atoms with Crippen molar-refractivity contribution in [2.45, 2.75) is 44.9 Å². The first-order chi connectivity index (χ1) is 12.7. The maximum atomic E-state index is 12.4. The summed E-state index contributed by atoms with van der Waals surface area (Å²) in [7, 11) is 0. The third kappa shape index (κ3) is 3.93. The maximum Gasteiger partial charge on any atom is 0.238 e. The Morgan fingerprint density at radius 3 is 2.50 bits per heavy atom. The van der Waals surface area contributed by atoms with Gasteiger partial charge in [0, 0.05) is 30.9 Å². The monoisotopic (exact) mass is 355 g/mol. The van der Waals surface area contributed by atoms with E-state index in [0.29, 0.717) is 13.0 Å². The van der Waals surface area contributed by atoms with Crippen molar-refractivity contribution in [3.8, 4) is 0 Å². The van der Waals surface area contributed by atoms with Crippen molar-refractivity contribution >= 4 is 23.2 Å². The van der Waals surface area contributed by atoms with Crippen LogP contribution in [0.1, 0.15) is 44.9 Å². The summed E-state index contributed by atoms with van der Waals surface area (Å²) in [6, 6.07) is 7.64. The molecule has 3 fully saturated rings. The lowest BCUT2D eigenvalue weighted by Crippen LogP contribution is -2.44. The number of hydrogen-bond acceptors (Lipinski definition) is 3. The molecule has 1 saturated carbocycles. The van der Waals surface area contributed by atoms with Crippen molar-refractivity contribution < 1.29 is 9.59 Å². The fourth-order valence-corrected chi connectivity index (χ4v) is 4.87. The van der Waals surface area contributed by atoms with E-state index in [-0.39, 0.29) is 11.8 Å². The standard InChI is InChI=1S/C21H29N3O2/c25-20(15-23-13-11-16-4-1-2-5-17(16)14-23)22-18-7-9-19(10-8-18)24-12-3-6-21(24)26/h7-10,16-17H,1-6,11-15H2,(H,22,25)/t16-,17-/m1/s1. The molecule has 0 bridgehead atoms. The molecule has 2 atom stereocenters. The van der Waals surface area contributed by atoms with Crippen LogP contribution in [0.2, 0.25) is 0 Å². The van der Waals surface area contributed by atoms with Gasteiger partial charge in [-0.15, -0.1) is 0 Å². The van der Waals surface area contributed by atoms with Crippen LogP contribution in [0, 0.1) is 11.8 Å². The number of nitrogens with one attached hydrogen (secondary N) is 1. The van der Waals surface area contributed by atoms with Gasteiger partial charge in [-0.05, 0) is 61.9 Å². The van der Waals surface area contributed by atoms with Gasteiger partial charge in [-0.2, -0.15) is 0 Å². The van der Waals surface area contributed by atoms with Crippen LogP contribution in [0.25, 0.3) is 0 Å². The van der Waals surface area contributed by atoms with E-state index in [1.54, 1.807) is 0 Å². The summed E-state index contributed by atoms with van der Waals surface area (Å²) in [4.78, 5) is 28.4. The summed E-state index contributed by atoms with van der Waals surface area (Å²) in [6.45, 7) is 3.40. The Hall–Kier alpha value is -1.88. The molecule has 1 aromatic carbocycles. The first-order valence-electron chi connectivity index (χ1n) is 10.1. The van der Waals surface area contributed by atoms with Crippen LogP contribution in [0.4, 0.5) is 11.4 Å². The van der Waals surface area contributed by atoms with Crippen LogP contribution in [-0.4, -0.2) is 42.9 Å². The number of hydrogen-bond donors (Lipinski definition) is 1.